The molecule has 1 N–H and O–H groups in total. The molecule has 0 saturated heterocycles. The SMILES string of the molecule is N#CC(Nc1ccc(Cl)cc1)c1ccc(Cl)c(F)c1. The van der Waals surface area contributed by atoms with Crippen molar-refractivity contribution < 1.29 is 4.39 Å². The molecule has 2 nitrogen and oxygen atoms in total. The van der Waals surface area contributed by atoms with Crippen LogP contribution in [0.15, 0.2) is 42.5 Å². The van der Waals surface area contributed by atoms with Gasteiger partial charge in [-0.25, -0.2) is 4.39 Å². The van der Waals surface area contributed by atoms with Gasteiger partial charge in [-0.05, 0) is 42.0 Å². The predicted octanol–water partition coefficient (Wildman–Crippen LogP) is 4.81. The minimum atomic E-state index is -0.659. The second-order valence-corrected chi connectivity index (χ2v) is 4.73. The molecule has 0 saturated carbocycles. The fourth-order valence-electron chi connectivity index (χ4n) is 1.59. The van der Waals surface area contributed by atoms with Crippen molar-refractivity contribution in [1.82, 2.24) is 0 Å². The predicted molar refractivity (Wildman–Crippen MR) is 74.8 cm³/mol. The van der Waals surface area contributed by atoms with E-state index in [2.05, 4.69) is 11.4 Å². The van der Waals surface area contributed by atoms with Crippen molar-refractivity contribution in [2.45, 2.75) is 6.04 Å². The maximum absolute atomic E-state index is 13.4. The summed E-state index contributed by atoms with van der Waals surface area (Å²) in [6.07, 6.45) is 0. The molecule has 0 fully saturated rings. The first-order chi connectivity index (χ1) is 9.10. The van der Waals surface area contributed by atoms with Crippen LogP contribution in [-0.4, -0.2) is 0 Å². The van der Waals surface area contributed by atoms with Gasteiger partial charge in [0.25, 0.3) is 0 Å². The maximum atomic E-state index is 13.4. The van der Waals surface area contributed by atoms with Crippen LogP contribution in [0.1, 0.15) is 11.6 Å². The van der Waals surface area contributed by atoms with Crippen molar-refractivity contribution in [2.24, 2.45) is 0 Å². The highest BCUT2D eigenvalue weighted by atomic mass is 35.5. The molecule has 0 aliphatic heterocycles. The Hall–Kier alpha value is -1.76. The molecule has 2 rings (SSSR count). The Bertz CT molecular complexity index is 620. The van der Waals surface area contributed by atoms with Gasteiger partial charge in [0.1, 0.15) is 11.9 Å². The molecule has 0 amide bonds. The first-order valence-electron chi connectivity index (χ1n) is 5.47. The lowest BCUT2D eigenvalue weighted by Crippen LogP contribution is -2.08. The van der Waals surface area contributed by atoms with Crippen LogP contribution in [0.4, 0.5) is 10.1 Å². The van der Waals surface area contributed by atoms with Crippen molar-refractivity contribution in [3.63, 3.8) is 0 Å². The molecular weight excluding hydrogens is 286 g/mol. The van der Waals surface area contributed by atoms with Gasteiger partial charge in [-0.3, -0.25) is 0 Å². The second-order valence-electron chi connectivity index (χ2n) is 3.89. The smallest absolute Gasteiger partial charge is 0.142 e. The highest BCUT2D eigenvalue weighted by Gasteiger charge is 2.12. The van der Waals surface area contributed by atoms with Crippen LogP contribution in [0.2, 0.25) is 10.0 Å². The number of halogens is 3. The van der Waals surface area contributed by atoms with Crippen molar-refractivity contribution in [3.05, 3.63) is 63.9 Å². The molecule has 0 spiro atoms. The molecule has 5 heteroatoms. The largest absolute Gasteiger partial charge is 0.366 e. The van der Waals surface area contributed by atoms with Crippen LogP contribution >= 0.6 is 23.2 Å². The zero-order chi connectivity index (χ0) is 13.8. The van der Waals surface area contributed by atoms with Gasteiger partial charge < -0.3 is 5.32 Å². The summed E-state index contributed by atoms with van der Waals surface area (Å²) in [7, 11) is 0. The molecule has 2 aromatic rings. The molecule has 0 aliphatic carbocycles. The molecule has 2 aromatic carbocycles. The van der Waals surface area contributed by atoms with E-state index in [1.54, 1.807) is 30.3 Å². The lowest BCUT2D eigenvalue weighted by atomic mass is 10.1. The van der Waals surface area contributed by atoms with Gasteiger partial charge in [0.2, 0.25) is 0 Å². The van der Waals surface area contributed by atoms with Crippen molar-refractivity contribution in [3.8, 4) is 6.07 Å². The van der Waals surface area contributed by atoms with Crippen molar-refractivity contribution >= 4 is 28.9 Å². The van der Waals surface area contributed by atoms with Gasteiger partial charge >= 0.3 is 0 Å². The van der Waals surface area contributed by atoms with E-state index in [1.807, 2.05) is 0 Å². The number of hydrogen-bond acceptors (Lipinski definition) is 2. The average Bonchev–Trinajstić information content (AvgIpc) is 2.41. The second kappa shape index (κ2) is 5.92. The third-order valence-electron chi connectivity index (χ3n) is 2.56. The summed E-state index contributed by atoms with van der Waals surface area (Å²) in [4.78, 5) is 0. The Morgan fingerprint density at radius 1 is 1.11 bits per heavy atom. The Labute approximate surface area is 120 Å². The first-order valence-corrected chi connectivity index (χ1v) is 6.22. The monoisotopic (exact) mass is 294 g/mol. The van der Waals surface area contributed by atoms with E-state index in [0.717, 1.165) is 5.69 Å². The normalized spacial score (nSPS) is 11.7. The van der Waals surface area contributed by atoms with E-state index >= 15 is 0 Å². The molecule has 96 valence electrons. The Balaban J connectivity index is 2.23. The highest BCUT2D eigenvalue weighted by molar-refractivity contribution is 6.31. The number of nitrogens with one attached hydrogen (secondary N) is 1. The van der Waals surface area contributed by atoms with Crippen LogP contribution in [-0.2, 0) is 0 Å². The third-order valence-corrected chi connectivity index (χ3v) is 3.12. The lowest BCUT2D eigenvalue weighted by Gasteiger charge is -2.13. The highest BCUT2D eigenvalue weighted by Crippen LogP contribution is 2.24. The van der Waals surface area contributed by atoms with Crippen LogP contribution in [0.3, 0.4) is 0 Å². The quantitative estimate of drug-likeness (QED) is 0.882. The van der Waals surface area contributed by atoms with Gasteiger partial charge in [-0.15, -0.1) is 0 Å². The minimum Gasteiger partial charge on any atom is -0.366 e. The fourth-order valence-corrected chi connectivity index (χ4v) is 1.84. The average molecular weight is 295 g/mol. The molecule has 0 heterocycles. The molecule has 0 aliphatic rings. The summed E-state index contributed by atoms with van der Waals surface area (Å²) in [5, 5.41) is 12.8. The van der Waals surface area contributed by atoms with E-state index in [1.165, 1.54) is 12.1 Å². The van der Waals surface area contributed by atoms with Crippen LogP contribution in [0.5, 0.6) is 0 Å². The summed E-state index contributed by atoms with van der Waals surface area (Å²) in [5.74, 6) is -0.544. The number of anilines is 1. The Morgan fingerprint density at radius 3 is 2.37 bits per heavy atom. The number of nitriles is 1. The summed E-state index contributed by atoms with van der Waals surface area (Å²) < 4.78 is 13.4. The third kappa shape index (κ3) is 3.37. The van der Waals surface area contributed by atoms with Crippen molar-refractivity contribution in [2.75, 3.05) is 5.32 Å². The van der Waals surface area contributed by atoms with Crippen LogP contribution in [0.25, 0.3) is 0 Å². The molecule has 0 radical (unpaired) electrons. The van der Waals surface area contributed by atoms with E-state index < -0.39 is 11.9 Å². The maximum Gasteiger partial charge on any atom is 0.142 e. The zero-order valence-corrected chi connectivity index (χ0v) is 11.2. The molecular formula is C14H9Cl2FN2. The Morgan fingerprint density at radius 2 is 1.79 bits per heavy atom. The zero-order valence-electron chi connectivity index (χ0n) is 9.70. The topological polar surface area (TPSA) is 35.8 Å². The number of benzene rings is 2. The number of rotatable bonds is 3. The van der Waals surface area contributed by atoms with E-state index in [9.17, 15) is 4.39 Å². The summed E-state index contributed by atoms with van der Waals surface area (Å²) in [6.45, 7) is 0. The fraction of sp³-hybridized carbons (Fsp3) is 0.0714. The van der Waals surface area contributed by atoms with E-state index in [-0.39, 0.29) is 5.02 Å². The van der Waals surface area contributed by atoms with Gasteiger partial charge in [0.05, 0.1) is 11.1 Å². The summed E-state index contributed by atoms with van der Waals surface area (Å²) >= 11 is 11.4. The molecule has 1 unspecified atom stereocenters. The molecule has 0 bridgehead atoms. The number of hydrogen-bond donors (Lipinski definition) is 1. The van der Waals surface area contributed by atoms with Crippen LogP contribution in [0, 0.1) is 17.1 Å². The van der Waals surface area contributed by atoms with Gasteiger partial charge in [-0.1, -0.05) is 29.3 Å². The van der Waals surface area contributed by atoms with Gasteiger partial charge in [0.15, 0.2) is 0 Å². The minimum absolute atomic E-state index is 0.0342. The first kappa shape index (κ1) is 13.7. The number of nitrogens with zero attached hydrogens (tertiary/aromatic N) is 1. The van der Waals surface area contributed by atoms with Crippen molar-refractivity contribution in [1.29, 1.82) is 5.26 Å². The van der Waals surface area contributed by atoms with E-state index in [0.29, 0.717) is 10.6 Å². The lowest BCUT2D eigenvalue weighted by molar-refractivity contribution is 0.625. The molecule has 1 atom stereocenters. The standard InChI is InChI=1S/C14H9Cl2FN2/c15-10-2-4-11(5-3-10)19-14(8-18)9-1-6-12(16)13(17)7-9/h1-7,14,19H. The summed E-state index contributed by atoms with van der Waals surface area (Å²) in [5.41, 5.74) is 1.24. The van der Waals surface area contributed by atoms with Gasteiger partial charge in [-0.2, -0.15) is 5.26 Å². The van der Waals surface area contributed by atoms with Crippen LogP contribution < -0.4 is 5.32 Å². The molecule has 19 heavy (non-hydrogen) atoms. The molecule has 0 aromatic heterocycles. The van der Waals surface area contributed by atoms with E-state index in [4.69, 9.17) is 28.5 Å². The Kier molecular flexibility index (Phi) is 4.26. The van der Waals surface area contributed by atoms with Gasteiger partial charge in [0, 0.05) is 10.7 Å². The summed E-state index contributed by atoms with van der Waals surface area (Å²) in [6, 6.07) is 12.6.